The highest BCUT2D eigenvalue weighted by atomic mass is 16.4. The van der Waals surface area contributed by atoms with Gasteiger partial charge in [-0.2, -0.15) is 5.10 Å². The zero-order chi connectivity index (χ0) is 14.3. The maximum absolute atomic E-state index is 11.6. The van der Waals surface area contributed by atoms with E-state index in [1.54, 1.807) is 0 Å². The highest BCUT2D eigenvalue weighted by Gasteiger charge is 2.37. The number of aryl methyl sites for hydroxylation is 1. The van der Waals surface area contributed by atoms with Crippen LogP contribution in [-0.2, 0) is 0 Å². The Morgan fingerprint density at radius 1 is 1.20 bits per heavy atom. The van der Waals surface area contributed by atoms with E-state index in [1.165, 1.54) is 19.3 Å². The summed E-state index contributed by atoms with van der Waals surface area (Å²) in [6, 6.07) is 0.457. The normalized spacial score (nSPS) is 25.6. The maximum Gasteiger partial charge on any atom is 0.339 e. The number of aromatic carboxylic acids is 1. The number of fused-ring (bicyclic) bond motifs is 1. The second kappa shape index (κ2) is 5.04. The first-order chi connectivity index (χ1) is 9.59. The molecular weight excluding hydrogens is 254 g/mol. The fraction of sp³-hybridized carbons (Fsp3) is 0.667. The van der Waals surface area contributed by atoms with Gasteiger partial charge in [0.25, 0.3) is 0 Å². The number of aromatic nitrogens is 2. The van der Waals surface area contributed by atoms with Crippen LogP contribution in [0.2, 0.25) is 0 Å². The average Bonchev–Trinajstić information content (AvgIpc) is 2.89. The molecule has 1 aliphatic heterocycles. The lowest BCUT2D eigenvalue weighted by Crippen LogP contribution is -2.44. The molecule has 0 aromatic carbocycles. The standard InChI is InChI=1S/C15H21N3O2/c1-9-10(2)16-17-14(13(9)15(19)20)18-8-4-6-11-5-3-7-12(11)18/h11-12H,3-8H2,1-2H3,(H,19,20). The number of carbonyl (C=O) groups is 1. The van der Waals surface area contributed by atoms with Crippen LogP contribution in [0.1, 0.15) is 53.7 Å². The highest BCUT2D eigenvalue weighted by molar-refractivity contribution is 5.95. The number of hydrogen-bond donors (Lipinski definition) is 1. The smallest absolute Gasteiger partial charge is 0.339 e. The third-order valence-corrected chi connectivity index (χ3v) is 4.92. The van der Waals surface area contributed by atoms with Crippen LogP contribution in [0, 0.1) is 19.8 Å². The molecule has 1 aromatic heterocycles. The third kappa shape index (κ3) is 2.05. The minimum absolute atomic E-state index is 0.338. The van der Waals surface area contributed by atoms with Gasteiger partial charge in [-0.1, -0.05) is 6.42 Å². The van der Waals surface area contributed by atoms with Gasteiger partial charge >= 0.3 is 5.97 Å². The monoisotopic (exact) mass is 275 g/mol. The van der Waals surface area contributed by atoms with Crippen LogP contribution in [0.25, 0.3) is 0 Å². The van der Waals surface area contributed by atoms with Crippen molar-refractivity contribution in [1.29, 1.82) is 0 Å². The van der Waals surface area contributed by atoms with Crippen LogP contribution in [0.4, 0.5) is 5.82 Å². The predicted molar refractivity (Wildman–Crippen MR) is 76.2 cm³/mol. The molecule has 0 radical (unpaired) electrons. The number of nitrogens with zero attached hydrogens (tertiary/aromatic N) is 3. The molecule has 2 aliphatic rings. The molecule has 0 amide bonds. The van der Waals surface area contributed by atoms with E-state index >= 15 is 0 Å². The van der Waals surface area contributed by atoms with E-state index in [0.717, 1.165) is 24.9 Å². The van der Waals surface area contributed by atoms with E-state index in [2.05, 4.69) is 15.1 Å². The summed E-state index contributed by atoms with van der Waals surface area (Å²) in [6.45, 7) is 4.54. The predicted octanol–water partition coefficient (Wildman–Crippen LogP) is 2.56. The average molecular weight is 275 g/mol. The topological polar surface area (TPSA) is 66.3 Å². The summed E-state index contributed by atoms with van der Waals surface area (Å²) in [4.78, 5) is 13.8. The number of piperidine rings is 1. The minimum Gasteiger partial charge on any atom is -0.478 e. The van der Waals surface area contributed by atoms with E-state index in [1.807, 2.05) is 13.8 Å². The van der Waals surface area contributed by atoms with Crippen LogP contribution in [0.5, 0.6) is 0 Å². The number of anilines is 1. The first kappa shape index (κ1) is 13.3. The van der Waals surface area contributed by atoms with E-state index < -0.39 is 5.97 Å². The summed E-state index contributed by atoms with van der Waals surface area (Å²) in [5.41, 5.74) is 1.78. The molecule has 2 unspecified atom stereocenters. The zero-order valence-electron chi connectivity index (χ0n) is 12.1. The van der Waals surface area contributed by atoms with E-state index in [9.17, 15) is 9.90 Å². The summed E-state index contributed by atoms with van der Waals surface area (Å²) in [6.07, 6.45) is 6.04. The Bertz CT molecular complexity index is 544. The first-order valence-electron chi connectivity index (χ1n) is 7.43. The van der Waals surface area contributed by atoms with Gasteiger partial charge in [0.05, 0.1) is 5.69 Å². The van der Waals surface area contributed by atoms with Crippen molar-refractivity contribution in [1.82, 2.24) is 10.2 Å². The molecule has 3 rings (SSSR count). The summed E-state index contributed by atoms with van der Waals surface area (Å²) < 4.78 is 0. The van der Waals surface area contributed by atoms with Crippen molar-refractivity contribution in [3.63, 3.8) is 0 Å². The Morgan fingerprint density at radius 2 is 1.95 bits per heavy atom. The van der Waals surface area contributed by atoms with Crippen molar-refractivity contribution in [3.05, 3.63) is 16.8 Å². The highest BCUT2D eigenvalue weighted by Crippen LogP contribution is 2.39. The Balaban J connectivity index is 2.05. The molecule has 1 aliphatic carbocycles. The lowest BCUT2D eigenvalue weighted by molar-refractivity contribution is 0.0695. The van der Waals surface area contributed by atoms with Gasteiger partial charge in [0.2, 0.25) is 0 Å². The summed E-state index contributed by atoms with van der Waals surface area (Å²) in [5, 5.41) is 17.9. The van der Waals surface area contributed by atoms with E-state index in [4.69, 9.17) is 0 Å². The van der Waals surface area contributed by atoms with Gasteiger partial charge in [-0.05, 0) is 51.0 Å². The fourth-order valence-corrected chi connectivity index (χ4v) is 3.77. The van der Waals surface area contributed by atoms with Gasteiger partial charge < -0.3 is 10.0 Å². The molecule has 5 heteroatoms. The fourth-order valence-electron chi connectivity index (χ4n) is 3.77. The Labute approximate surface area is 119 Å². The van der Waals surface area contributed by atoms with Gasteiger partial charge in [0, 0.05) is 12.6 Å². The lowest BCUT2D eigenvalue weighted by Gasteiger charge is -2.39. The second-order valence-corrected chi connectivity index (χ2v) is 6.01. The van der Waals surface area contributed by atoms with Crippen LogP contribution >= 0.6 is 0 Å². The lowest BCUT2D eigenvalue weighted by atomic mass is 9.91. The molecule has 2 heterocycles. The van der Waals surface area contributed by atoms with Gasteiger partial charge in [-0.3, -0.25) is 0 Å². The molecule has 0 spiro atoms. The van der Waals surface area contributed by atoms with Crippen molar-refractivity contribution in [2.45, 2.75) is 52.0 Å². The molecule has 20 heavy (non-hydrogen) atoms. The quantitative estimate of drug-likeness (QED) is 0.898. The van der Waals surface area contributed by atoms with E-state index in [0.29, 0.717) is 29.0 Å². The molecule has 108 valence electrons. The molecule has 1 aromatic rings. The first-order valence-corrected chi connectivity index (χ1v) is 7.43. The molecule has 1 N–H and O–H groups in total. The molecule has 2 fully saturated rings. The number of carboxylic acid groups (broad SMARTS) is 1. The van der Waals surface area contributed by atoms with Crippen LogP contribution in [0.15, 0.2) is 0 Å². The minimum atomic E-state index is -0.893. The second-order valence-electron chi connectivity index (χ2n) is 6.01. The Kier molecular flexibility index (Phi) is 3.36. The third-order valence-electron chi connectivity index (χ3n) is 4.92. The maximum atomic E-state index is 11.6. The number of carboxylic acids is 1. The largest absolute Gasteiger partial charge is 0.478 e. The number of rotatable bonds is 2. The molecule has 0 bridgehead atoms. The van der Waals surface area contributed by atoms with E-state index in [-0.39, 0.29) is 0 Å². The van der Waals surface area contributed by atoms with Crippen molar-refractivity contribution >= 4 is 11.8 Å². The molecule has 5 nitrogen and oxygen atoms in total. The summed E-state index contributed by atoms with van der Waals surface area (Å²) in [5.74, 6) is 0.390. The van der Waals surface area contributed by atoms with Crippen molar-refractivity contribution in [3.8, 4) is 0 Å². The van der Waals surface area contributed by atoms with Gasteiger partial charge in [-0.15, -0.1) is 5.10 Å². The van der Waals surface area contributed by atoms with Crippen molar-refractivity contribution < 1.29 is 9.90 Å². The zero-order valence-corrected chi connectivity index (χ0v) is 12.1. The van der Waals surface area contributed by atoms with Gasteiger partial charge in [-0.25, -0.2) is 4.79 Å². The van der Waals surface area contributed by atoms with Crippen molar-refractivity contribution in [2.75, 3.05) is 11.4 Å². The Morgan fingerprint density at radius 3 is 2.70 bits per heavy atom. The summed E-state index contributed by atoms with van der Waals surface area (Å²) in [7, 11) is 0. The SMILES string of the molecule is Cc1nnc(N2CCCC3CCCC32)c(C(=O)O)c1C. The number of hydrogen-bond acceptors (Lipinski definition) is 4. The molecular formula is C15H21N3O2. The van der Waals surface area contributed by atoms with Crippen LogP contribution < -0.4 is 4.90 Å². The Hall–Kier alpha value is -1.65. The van der Waals surface area contributed by atoms with Crippen LogP contribution in [-0.4, -0.2) is 33.9 Å². The van der Waals surface area contributed by atoms with Crippen LogP contribution in [0.3, 0.4) is 0 Å². The van der Waals surface area contributed by atoms with Crippen molar-refractivity contribution in [2.24, 2.45) is 5.92 Å². The van der Waals surface area contributed by atoms with Gasteiger partial charge in [0.1, 0.15) is 5.56 Å². The molecule has 2 atom stereocenters. The summed E-state index contributed by atoms with van der Waals surface area (Å²) >= 11 is 0. The van der Waals surface area contributed by atoms with Gasteiger partial charge in [0.15, 0.2) is 5.82 Å². The molecule has 1 saturated heterocycles. The molecule has 1 saturated carbocycles.